The van der Waals surface area contributed by atoms with Crippen LogP contribution in [-0.2, 0) is 19.7 Å². The van der Waals surface area contributed by atoms with Gasteiger partial charge in [-0.1, -0.05) is 38.1 Å². The van der Waals surface area contributed by atoms with Gasteiger partial charge in [0.1, 0.15) is 0 Å². The molecular weight excluding hydrogens is 282 g/mol. The number of allylic oxidation sites excluding steroid dienone is 1. The number of methoxy groups -OCH3 is 2. The van der Waals surface area contributed by atoms with Gasteiger partial charge >= 0.3 is 12.1 Å². The van der Waals surface area contributed by atoms with Crippen molar-refractivity contribution in [2.45, 2.75) is 19.3 Å². The number of carbonyl (C=O) groups excluding carboxylic acids is 2. The molecule has 0 amide bonds. The monoisotopic (exact) mass is 299 g/mol. The van der Waals surface area contributed by atoms with Crippen LogP contribution in [0.25, 0.3) is 16.5 Å². The molecule has 0 fully saturated rings. The Hall–Kier alpha value is -2.56. The molecule has 0 radical (unpaired) electrons. The van der Waals surface area contributed by atoms with Gasteiger partial charge in [0, 0.05) is 22.1 Å². The summed E-state index contributed by atoms with van der Waals surface area (Å²) < 4.78 is 11.4. The third kappa shape index (κ3) is 1.78. The van der Waals surface area contributed by atoms with Crippen LogP contribution in [0.3, 0.4) is 0 Å². The van der Waals surface area contributed by atoms with Crippen molar-refractivity contribution in [3.8, 4) is 0 Å². The zero-order valence-electron chi connectivity index (χ0n) is 13.0. The summed E-state index contributed by atoms with van der Waals surface area (Å²) in [7, 11) is 2.70. The fraction of sp³-hybridized carbons (Fsp3) is 0.294. The zero-order chi connectivity index (χ0) is 16.1. The van der Waals surface area contributed by atoms with E-state index in [-0.39, 0.29) is 0 Å². The Balaban J connectivity index is 2.44. The van der Waals surface area contributed by atoms with Gasteiger partial charge in [0.15, 0.2) is 0 Å². The van der Waals surface area contributed by atoms with Crippen LogP contribution < -0.4 is 0 Å². The van der Waals surface area contributed by atoms with Crippen molar-refractivity contribution in [1.82, 2.24) is 4.57 Å². The van der Waals surface area contributed by atoms with E-state index in [0.717, 1.165) is 22.2 Å². The highest BCUT2D eigenvalue weighted by atomic mass is 16.5. The lowest BCUT2D eigenvalue weighted by atomic mass is 9.92. The number of esters is 1. The molecule has 0 saturated heterocycles. The van der Waals surface area contributed by atoms with Gasteiger partial charge in [-0.05, 0) is 6.07 Å². The molecule has 5 heteroatoms. The van der Waals surface area contributed by atoms with E-state index >= 15 is 0 Å². The molecule has 0 N–H and O–H groups in total. The Kier molecular flexibility index (Phi) is 3.09. The first-order valence-corrected chi connectivity index (χ1v) is 6.96. The molecule has 0 saturated carbocycles. The number of carbonyl (C=O) groups is 2. The van der Waals surface area contributed by atoms with Crippen LogP contribution in [0, 0.1) is 0 Å². The maximum atomic E-state index is 12.3. The summed E-state index contributed by atoms with van der Waals surface area (Å²) in [6, 6.07) is 7.47. The molecule has 1 heterocycles. The molecule has 1 aliphatic rings. The number of para-hydroxylation sites is 1. The van der Waals surface area contributed by atoms with Crippen LogP contribution in [-0.4, -0.2) is 30.8 Å². The van der Waals surface area contributed by atoms with Gasteiger partial charge in [0.25, 0.3) is 0 Å². The third-order valence-corrected chi connectivity index (χ3v) is 4.02. The molecule has 0 unspecified atom stereocenters. The fourth-order valence-corrected chi connectivity index (χ4v) is 3.18. The first kappa shape index (κ1) is 14.4. The molecule has 0 bridgehead atoms. The number of hydrogen-bond donors (Lipinski definition) is 0. The highest BCUT2D eigenvalue weighted by molar-refractivity contribution is 6.23. The first-order valence-electron chi connectivity index (χ1n) is 6.96. The lowest BCUT2D eigenvalue weighted by Crippen LogP contribution is -2.22. The van der Waals surface area contributed by atoms with Crippen LogP contribution in [0.5, 0.6) is 0 Å². The maximum absolute atomic E-state index is 12.3. The van der Waals surface area contributed by atoms with Crippen molar-refractivity contribution in [3.63, 3.8) is 0 Å². The van der Waals surface area contributed by atoms with Crippen molar-refractivity contribution in [2.24, 2.45) is 0 Å². The van der Waals surface area contributed by atoms with Gasteiger partial charge < -0.3 is 9.47 Å². The van der Waals surface area contributed by atoms with Crippen LogP contribution in [0.4, 0.5) is 4.79 Å². The average Bonchev–Trinajstić information content (AvgIpc) is 2.99. The predicted octanol–water partition coefficient (Wildman–Crippen LogP) is 3.10. The van der Waals surface area contributed by atoms with E-state index in [1.165, 1.54) is 18.8 Å². The van der Waals surface area contributed by atoms with E-state index in [4.69, 9.17) is 9.47 Å². The van der Waals surface area contributed by atoms with E-state index in [2.05, 4.69) is 0 Å². The van der Waals surface area contributed by atoms with Crippen LogP contribution >= 0.6 is 0 Å². The molecule has 0 atom stereocenters. The second kappa shape index (κ2) is 4.73. The first-order chi connectivity index (χ1) is 10.4. The van der Waals surface area contributed by atoms with Crippen LogP contribution in [0.2, 0.25) is 0 Å². The van der Waals surface area contributed by atoms with Crippen LogP contribution in [0.1, 0.15) is 25.1 Å². The van der Waals surface area contributed by atoms with Gasteiger partial charge in [0.05, 0.1) is 25.3 Å². The summed E-state index contributed by atoms with van der Waals surface area (Å²) >= 11 is 0. The molecule has 114 valence electrons. The molecule has 1 aliphatic carbocycles. The second-order valence-corrected chi connectivity index (χ2v) is 5.82. The number of rotatable bonds is 1. The minimum absolute atomic E-state index is 0.403. The topological polar surface area (TPSA) is 57.5 Å². The van der Waals surface area contributed by atoms with E-state index in [9.17, 15) is 9.59 Å². The lowest BCUT2D eigenvalue weighted by Gasteiger charge is -2.19. The fourth-order valence-electron chi connectivity index (χ4n) is 3.18. The highest BCUT2D eigenvalue weighted by Crippen LogP contribution is 2.46. The zero-order valence-corrected chi connectivity index (χ0v) is 13.0. The van der Waals surface area contributed by atoms with Gasteiger partial charge in [-0.15, -0.1) is 0 Å². The minimum atomic E-state index is -0.480. The van der Waals surface area contributed by atoms with Crippen LogP contribution in [0.15, 0.2) is 30.3 Å². The summed E-state index contributed by atoms with van der Waals surface area (Å²) in [6.45, 7) is 3.92. The van der Waals surface area contributed by atoms with E-state index < -0.39 is 17.5 Å². The number of nitrogens with zero attached hydrogens (tertiary/aromatic N) is 1. The lowest BCUT2D eigenvalue weighted by molar-refractivity contribution is -0.133. The number of ether oxygens (including phenoxy) is 2. The van der Waals surface area contributed by atoms with E-state index in [1.807, 2.05) is 44.2 Å². The Labute approximate surface area is 128 Å². The number of aromatic nitrogens is 1. The van der Waals surface area contributed by atoms with Gasteiger partial charge in [0.2, 0.25) is 0 Å². The highest BCUT2D eigenvalue weighted by Gasteiger charge is 2.40. The number of fused-ring (bicyclic) bond motifs is 3. The maximum Gasteiger partial charge on any atom is 0.418 e. The quantitative estimate of drug-likeness (QED) is 0.759. The smallest absolute Gasteiger partial charge is 0.418 e. The predicted molar refractivity (Wildman–Crippen MR) is 82.8 cm³/mol. The summed E-state index contributed by atoms with van der Waals surface area (Å²) in [5, 5.41) is 0.838. The van der Waals surface area contributed by atoms with Crippen molar-refractivity contribution < 1.29 is 19.1 Å². The molecule has 3 rings (SSSR count). The standard InChI is InChI=1S/C17H17NO4/c1-17(2)9-11(15(19)21-3)13-10-7-5-6-8-12(10)18(14(13)17)16(20)22-4/h5-9H,1-4H3. The van der Waals surface area contributed by atoms with E-state index in [1.54, 1.807) is 0 Å². The van der Waals surface area contributed by atoms with Crippen molar-refractivity contribution in [3.05, 3.63) is 41.6 Å². The van der Waals surface area contributed by atoms with Gasteiger partial charge in [-0.3, -0.25) is 0 Å². The Bertz CT molecular complexity index is 827. The summed E-state index contributed by atoms with van der Waals surface area (Å²) in [5.74, 6) is -0.403. The second-order valence-electron chi connectivity index (χ2n) is 5.82. The minimum Gasteiger partial charge on any atom is -0.465 e. The summed E-state index contributed by atoms with van der Waals surface area (Å²) in [4.78, 5) is 24.4. The molecule has 22 heavy (non-hydrogen) atoms. The largest absolute Gasteiger partial charge is 0.465 e. The molecule has 5 nitrogen and oxygen atoms in total. The normalized spacial score (nSPS) is 15.4. The molecule has 0 aliphatic heterocycles. The molecule has 1 aromatic heterocycles. The molecule has 2 aromatic rings. The average molecular weight is 299 g/mol. The Morgan fingerprint density at radius 3 is 2.41 bits per heavy atom. The summed E-state index contributed by atoms with van der Waals surface area (Å²) in [6.07, 6.45) is 1.38. The van der Waals surface area contributed by atoms with Gasteiger partial charge in [-0.2, -0.15) is 0 Å². The Morgan fingerprint density at radius 1 is 1.09 bits per heavy atom. The SMILES string of the molecule is COC(=O)C1=CC(C)(C)c2c1c1ccccc1n2C(=O)OC. The van der Waals surface area contributed by atoms with Crippen molar-refractivity contribution >= 4 is 28.5 Å². The number of benzene rings is 1. The summed E-state index contributed by atoms with van der Waals surface area (Å²) in [5.41, 5.74) is 2.23. The molecule has 0 spiro atoms. The Morgan fingerprint density at radius 2 is 1.77 bits per heavy atom. The number of hydrogen-bond acceptors (Lipinski definition) is 4. The molecular formula is C17H17NO4. The van der Waals surface area contributed by atoms with Crippen molar-refractivity contribution in [2.75, 3.05) is 14.2 Å². The van der Waals surface area contributed by atoms with Crippen molar-refractivity contribution in [1.29, 1.82) is 0 Å². The van der Waals surface area contributed by atoms with E-state index in [0.29, 0.717) is 5.57 Å². The van der Waals surface area contributed by atoms with Gasteiger partial charge in [-0.25, -0.2) is 14.2 Å². The third-order valence-electron chi connectivity index (χ3n) is 4.02. The molecule has 1 aromatic carbocycles.